The van der Waals surface area contributed by atoms with Gasteiger partial charge in [0.05, 0.1) is 23.5 Å². The van der Waals surface area contributed by atoms with Gasteiger partial charge in [0.25, 0.3) is 0 Å². The van der Waals surface area contributed by atoms with Crippen molar-refractivity contribution in [2.24, 2.45) is 7.05 Å². The second kappa shape index (κ2) is 4.50. The van der Waals surface area contributed by atoms with Gasteiger partial charge in [0, 0.05) is 18.6 Å². The number of nitrogens with zero attached hydrogens (tertiary/aromatic N) is 2. The SMILES string of the molecule is Cn1cccc1-c1csc(NC(C)(C)CO)n1. The predicted octanol–water partition coefficient (Wildman–Crippen LogP) is 2.33. The van der Waals surface area contributed by atoms with Crippen LogP contribution in [0.4, 0.5) is 5.13 Å². The fourth-order valence-corrected chi connectivity index (χ4v) is 2.39. The molecule has 2 aromatic heterocycles. The number of aromatic nitrogens is 2. The molecule has 0 atom stereocenters. The maximum absolute atomic E-state index is 9.20. The number of aliphatic hydroxyl groups excluding tert-OH is 1. The van der Waals surface area contributed by atoms with Gasteiger partial charge in [-0.15, -0.1) is 11.3 Å². The molecular formula is C12H17N3OS. The van der Waals surface area contributed by atoms with Gasteiger partial charge in [0.2, 0.25) is 0 Å². The van der Waals surface area contributed by atoms with Crippen LogP contribution in [0.3, 0.4) is 0 Å². The van der Waals surface area contributed by atoms with Crippen LogP contribution in [0.2, 0.25) is 0 Å². The van der Waals surface area contributed by atoms with E-state index in [0.29, 0.717) is 0 Å². The Bertz CT molecular complexity index is 501. The minimum Gasteiger partial charge on any atom is -0.394 e. The van der Waals surface area contributed by atoms with E-state index in [4.69, 9.17) is 0 Å². The van der Waals surface area contributed by atoms with Crippen molar-refractivity contribution in [3.63, 3.8) is 0 Å². The molecule has 0 aliphatic heterocycles. The van der Waals surface area contributed by atoms with E-state index < -0.39 is 0 Å². The summed E-state index contributed by atoms with van der Waals surface area (Å²) in [5, 5.41) is 15.3. The number of aliphatic hydroxyl groups is 1. The van der Waals surface area contributed by atoms with Gasteiger partial charge in [0.1, 0.15) is 0 Å². The van der Waals surface area contributed by atoms with Crippen molar-refractivity contribution in [1.82, 2.24) is 9.55 Å². The molecule has 0 saturated heterocycles. The fraction of sp³-hybridized carbons (Fsp3) is 0.417. The van der Waals surface area contributed by atoms with Gasteiger partial charge < -0.3 is 15.0 Å². The molecule has 0 saturated carbocycles. The first-order valence-corrected chi connectivity index (χ1v) is 6.36. The molecule has 2 N–H and O–H groups in total. The normalized spacial score (nSPS) is 11.8. The third-order valence-electron chi connectivity index (χ3n) is 2.55. The first-order valence-electron chi connectivity index (χ1n) is 5.48. The zero-order chi connectivity index (χ0) is 12.5. The first kappa shape index (κ1) is 12.1. The second-order valence-corrected chi connectivity index (χ2v) is 5.57. The number of rotatable bonds is 4. The molecule has 0 amide bonds. The Labute approximate surface area is 105 Å². The Balaban J connectivity index is 2.20. The minimum atomic E-state index is -0.344. The molecular weight excluding hydrogens is 234 g/mol. The molecule has 2 heterocycles. The van der Waals surface area contributed by atoms with E-state index in [1.807, 2.05) is 49.2 Å². The lowest BCUT2D eigenvalue weighted by Crippen LogP contribution is -2.34. The van der Waals surface area contributed by atoms with E-state index in [0.717, 1.165) is 16.5 Å². The quantitative estimate of drug-likeness (QED) is 0.877. The highest BCUT2D eigenvalue weighted by atomic mass is 32.1. The van der Waals surface area contributed by atoms with Crippen molar-refractivity contribution in [2.45, 2.75) is 19.4 Å². The van der Waals surface area contributed by atoms with Crippen LogP contribution in [0.1, 0.15) is 13.8 Å². The lowest BCUT2D eigenvalue weighted by Gasteiger charge is -2.22. The zero-order valence-electron chi connectivity index (χ0n) is 10.3. The highest BCUT2D eigenvalue weighted by molar-refractivity contribution is 7.14. The molecule has 4 nitrogen and oxygen atoms in total. The van der Waals surface area contributed by atoms with Crippen LogP contribution in [0.15, 0.2) is 23.7 Å². The lowest BCUT2D eigenvalue weighted by molar-refractivity contribution is 0.234. The van der Waals surface area contributed by atoms with Gasteiger partial charge in [-0.1, -0.05) is 0 Å². The molecule has 0 spiro atoms. The van der Waals surface area contributed by atoms with Crippen molar-refractivity contribution < 1.29 is 5.11 Å². The van der Waals surface area contributed by atoms with E-state index >= 15 is 0 Å². The van der Waals surface area contributed by atoms with Crippen LogP contribution in [0, 0.1) is 0 Å². The summed E-state index contributed by atoms with van der Waals surface area (Å²) in [4.78, 5) is 4.52. The summed E-state index contributed by atoms with van der Waals surface area (Å²) in [7, 11) is 2.00. The third kappa shape index (κ3) is 2.68. The van der Waals surface area contributed by atoms with Crippen LogP contribution < -0.4 is 5.32 Å². The number of aryl methyl sites for hydroxylation is 1. The van der Waals surface area contributed by atoms with Crippen molar-refractivity contribution in [3.05, 3.63) is 23.7 Å². The maximum atomic E-state index is 9.20. The average Bonchev–Trinajstić information content (AvgIpc) is 2.86. The molecule has 0 bridgehead atoms. The monoisotopic (exact) mass is 251 g/mol. The summed E-state index contributed by atoms with van der Waals surface area (Å²) >= 11 is 1.55. The molecule has 92 valence electrons. The number of hydrogen-bond donors (Lipinski definition) is 2. The number of thiazole rings is 1. The van der Waals surface area contributed by atoms with Gasteiger partial charge in [-0.05, 0) is 26.0 Å². The number of hydrogen-bond acceptors (Lipinski definition) is 4. The van der Waals surface area contributed by atoms with E-state index in [2.05, 4.69) is 10.3 Å². The molecule has 0 aliphatic carbocycles. The van der Waals surface area contributed by atoms with Crippen LogP contribution in [0.5, 0.6) is 0 Å². The van der Waals surface area contributed by atoms with Crippen LogP contribution in [-0.4, -0.2) is 26.8 Å². The minimum absolute atomic E-state index is 0.0755. The molecule has 0 fully saturated rings. The standard InChI is InChI=1S/C12H17N3OS/c1-12(2,8-16)14-11-13-9(7-17-11)10-5-4-6-15(10)3/h4-7,16H,8H2,1-3H3,(H,13,14). The lowest BCUT2D eigenvalue weighted by atomic mass is 10.1. The van der Waals surface area contributed by atoms with E-state index in [9.17, 15) is 5.11 Å². The average molecular weight is 251 g/mol. The third-order valence-corrected chi connectivity index (χ3v) is 3.31. The summed E-state index contributed by atoms with van der Waals surface area (Å²) in [5.41, 5.74) is 1.71. The van der Waals surface area contributed by atoms with Crippen molar-refractivity contribution in [2.75, 3.05) is 11.9 Å². The van der Waals surface area contributed by atoms with E-state index in [1.54, 1.807) is 11.3 Å². The van der Waals surface area contributed by atoms with E-state index in [-0.39, 0.29) is 12.1 Å². The molecule has 17 heavy (non-hydrogen) atoms. The Morgan fingerprint density at radius 2 is 2.29 bits per heavy atom. The highest BCUT2D eigenvalue weighted by Gasteiger charge is 2.18. The van der Waals surface area contributed by atoms with Gasteiger partial charge in [-0.25, -0.2) is 4.98 Å². The molecule has 0 unspecified atom stereocenters. The topological polar surface area (TPSA) is 50.1 Å². The molecule has 2 rings (SSSR count). The number of anilines is 1. The summed E-state index contributed by atoms with van der Waals surface area (Å²) in [6, 6.07) is 4.04. The Morgan fingerprint density at radius 3 is 2.88 bits per heavy atom. The molecule has 2 aromatic rings. The highest BCUT2D eigenvalue weighted by Crippen LogP contribution is 2.26. The van der Waals surface area contributed by atoms with E-state index in [1.165, 1.54) is 0 Å². The molecule has 0 radical (unpaired) electrons. The molecule has 0 aliphatic rings. The second-order valence-electron chi connectivity index (χ2n) is 4.71. The van der Waals surface area contributed by atoms with Crippen molar-refractivity contribution >= 4 is 16.5 Å². The molecule has 0 aromatic carbocycles. The summed E-state index contributed by atoms with van der Waals surface area (Å²) in [6.45, 7) is 3.96. The largest absolute Gasteiger partial charge is 0.394 e. The Morgan fingerprint density at radius 1 is 1.53 bits per heavy atom. The summed E-state index contributed by atoms with van der Waals surface area (Å²) in [5.74, 6) is 0. The van der Waals surface area contributed by atoms with Gasteiger partial charge in [0.15, 0.2) is 5.13 Å². The van der Waals surface area contributed by atoms with Crippen LogP contribution in [0.25, 0.3) is 11.4 Å². The summed E-state index contributed by atoms with van der Waals surface area (Å²) in [6.07, 6.45) is 2.00. The van der Waals surface area contributed by atoms with Crippen LogP contribution in [-0.2, 0) is 7.05 Å². The smallest absolute Gasteiger partial charge is 0.183 e. The summed E-state index contributed by atoms with van der Waals surface area (Å²) < 4.78 is 2.04. The van der Waals surface area contributed by atoms with Crippen LogP contribution >= 0.6 is 11.3 Å². The first-order chi connectivity index (χ1) is 8.02. The number of nitrogens with one attached hydrogen (secondary N) is 1. The van der Waals surface area contributed by atoms with Gasteiger partial charge >= 0.3 is 0 Å². The van der Waals surface area contributed by atoms with Gasteiger partial charge in [-0.2, -0.15) is 0 Å². The van der Waals surface area contributed by atoms with Crippen molar-refractivity contribution in [1.29, 1.82) is 0 Å². The maximum Gasteiger partial charge on any atom is 0.183 e. The fourth-order valence-electron chi connectivity index (χ4n) is 1.51. The molecule has 5 heteroatoms. The van der Waals surface area contributed by atoms with Crippen molar-refractivity contribution in [3.8, 4) is 11.4 Å². The Kier molecular flexibility index (Phi) is 3.22. The zero-order valence-corrected chi connectivity index (χ0v) is 11.1. The van der Waals surface area contributed by atoms with Gasteiger partial charge in [-0.3, -0.25) is 0 Å². The predicted molar refractivity (Wildman–Crippen MR) is 71.3 cm³/mol. The Hall–Kier alpha value is -1.33.